The number of aryl methyl sites for hydroxylation is 1. The van der Waals surface area contributed by atoms with Gasteiger partial charge in [-0.2, -0.15) is 0 Å². The van der Waals surface area contributed by atoms with E-state index >= 15 is 0 Å². The second-order valence-corrected chi connectivity index (χ2v) is 9.57. The van der Waals surface area contributed by atoms with Gasteiger partial charge in [0.2, 0.25) is 0 Å². The number of carbonyl (C=O) groups is 1. The first-order valence-electron chi connectivity index (χ1n) is 12.1. The number of rotatable bonds is 9. The molecule has 0 spiro atoms. The molecule has 0 aliphatic heterocycles. The second kappa shape index (κ2) is 11.6. The normalized spacial score (nSPS) is 12.0. The number of hydrogen-bond donors (Lipinski definition) is 0. The van der Waals surface area contributed by atoms with E-state index in [4.69, 9.17) is 9.72 Å². The van der Waals surface area contributed by atoms with Gasteiger partial charge in [0, 0.05) is 24.7 Å². The Morgan fingerprint density at radius 3 is 2.44 bits per heavy atom. The van der Waals surface area contributed by atoms with Gasteiger partial charge in [0.05, 0.1) is 28.2 Å². The molecule has 6 nitrogen and oxygen atoms in total. The van der Waals surface area contributed by atoms with Crippen LogP contribution in [0.15, 0.2) is 82.1 Å². The molecule has 0 aliphatic carbocycles. The Morgan fingerprint density at radius 1 is 1.06 bits per heavy atom. The number of methoxy groups -OCH3 is 1. The Hall–Kier alpha value is -3.29. The smallest absolute Gasteiger partial charge is 0.266 e. The Balaban J connectivity index is 1.93. The number of aromatic nitrogens is 2. The summed E-state index contributed by atoms with van der Waals surface area (Å²) in [5.41, 5.74) is 2.85. The molecule has 1 atom stereocenters. The summed E-state index contributed by atoms with van der Waals surface area (Å²) in [6.45, 7) is 5.01. The molecule has 0 N–H and O–H groups in total. The lowest BCUT2D eigenvalue weighted by Gasteiger charge is -2.33. The molecule has 1 heterocycles. The maximum Gasteiger partial charge on any atom is 0.266 e. The van der Waals surface area contributed by atoms with Crippen molar-refractivity contribution in [2.24, 2.45) is 0 Å². The quantitative estimate of drug-likeness (QED) is 0.238. The summed E-state index contributed by atoms with van der Waals surface area (Å²) in [5.74, 6) is 0.422. The van der Waals surface area contributed by atoms with Crippen molar-refractivity contribution in [1.82, 2.24) is 14.5 Å². The van der Waals surface area contributed by atoms with Crippen molar-refractivity contribution in [3.05, 3.63) is 105 Å². The summed E-state index contributed by atoms with van der Waals surface area (Å²) in [4.78, 5) is 34.5. The number of halogens is 1. The van der Waals surface area contributed by atoms with Crippen LogP contribution >= 0.6 is 15.9 Å². The maximum atomic E-state index is 13.9. The van der Waals surface area contributed by atoms with Gasteiger partial charge < -0.3 is 9.64 Å². The van der Waals surface area contributed by atoms with Crippen molar-refractivity contribution in [3.63, 3.8) is 0 Å². The van der Waals surface area contributed by atoms with Crippen LogP contribution in [-0.2, 0) is 4.74 Å². The molecule has 36 heavy (non-hydrogen) atoms. The van der Waals surface area contributed by atoms with Gasteiger partial charge in [-0.1, -0.05) is 48.9 Å². The Morgan fingerprint density at radius 2 is 1.75 bits per heavy atom. The summed E-state index contributed by atoms with van der Waals surface area (Å²) < 4.78 is 7.67. The molecule has 186 valence electrons. The fourth-order valence-corrected chi connectivity index (χ4v) is 4.88. The molecule has 1 unspecified atom stereocenters. The minimum Gasteiger partial charge on any atom is -0.385 e. The van der Waals surface area contributed by atoms with Crippen molar-refractivity contribution in [3.8, 4) is 5.69 Å². The predicted octanol–water partition coefficient (Wildman–Crippen LogP) is 6.09. The molecule has 3 aromatic carbocycles. The minimum absolute atomic E-state index is 0.122. The summed E-state index contributed by atoms with van der Waals surface area (Å²) in [7, 11) is 1.65. The lowest BCUT2D eigenvalue weighted by molar-refractivity contribution is 0.0633. The number of carbonyl (C=O) groups excluding carboxylic acids is 1. The fraction of sp³-hybridized carbons (Fsp3) is 0.276. The average Bonchev–Trinajstić information content (AvgIpc) is 2.89. The molecular formula is C29H30BrN3O3. The number of fused-ring (bicyclic) bond motifs is 1. The van der Waals surface area contributed by atoms with E-state index in [1.807, 2.05) is 85.5 Å². The highest BCUT2D eigenvalue weighted by Crippen LogP contribution is 2.29. The van der Waals surface area contributed by atoms with Gasteiger partial charge in [0.15, 0.2) is 0 Å². The van der Waals surface area contributed by atoms with Crippen LogP contribution in [0.4, 0.5) is 0 Å². The Labute approximate surface area is 219 Å². The lowest BCUT2D eigenvalue weighted by atomic mass is 10.1. The zero-order chi connectivity index (χ0) is 25.7. The molecule has 4 rings (SSSR count). The van der Waals surface area contributed by atoms with Crippen LogP contribution in [-0.4, -0.2) is 40.6 Å². The number of amides is 1. The van der Waals surface area contributed by atoms with Crippen molar-refractivity contribution in [1.29, 1.82) is 0 Å². The van der Waals surface area contributed by atoms with Crippen molar-refractivity contribution >= 4 is 32.7 Å². The van der Waals surface area contributed by atoms with Crippen molar-refractivity contribution in [2.45, 2.75) is 32.7 Å². The lowest BCUT2D eigenvalue weighted by Crippen LogP contribution is -2.39. The molecular weight excluding hydrogens is 518 g/mol. The van der Waals surface area contributed by atoms with Gasteiger partial charge in [-0.25, -0.2) is 4.98 Å². The molecule has 1 amide bonds. The number of ether oxygens (including phenoxy) is 1. The van der Waals surface area contributed by atoms with E-state index in [0.717, 1.165) is 15.7 Å². The first-order chi connectivity index (χ1) is 17.5. The van der Waals surface area contributed by atoms with Gasteiger partial charge in [-0.3, -0.25) is 14.2 Å². The molecule has 0 fully saturated rings. The van der Waals surface area contributed by atoms with E-state index in [1.54, 1.807) is 17.7 Å². The standard InChI is InChI=1S/C29H30BrN3O3/c1-4-26(32(18-9-19-36-3)28(34)22-10-5-7-12-24(22)30)27-31-25-13-8-6-11-23(25)29(35)33(27)21-16-14-20(2)15-17-21/h5-8,10-17,26H,4,9,18-19H2,1-3H3. The zero-order valence-corrected chi connectivity index (χ0v) is 22.4. The minimum atomic E-state index is -0.430. The highest BCUT2D eigenvalue weighted by atomic mass is 79.9. The van der Waals surface area contributed by atoms with Crippen molar-refractivity contribution in [2.75, 3.05) is 20.3 Å². The molecule has 4 aromatic rings. The zero-order valence-electron chi connectivity index (χ0n) is 20.8. The van der Waals surface area contributed by atoms with Crippen LogP contribution < -0.4 is 5.56 Å². The Kier molecular flexibility index (Phi) is 8.33. The average molecular weight is 548 g/mol. The molecule has 0 aliphatic rings. The monoisotopic (exact) mass is 547 g/mol. The highest BCUT2D eigenvalue weighted by Gasteiger charge is 2.30. The summed E-state index contributed by atoms with van der Waals surface area (Å²) in [6.07, 6.45) is 1.24. The fourth-order valence-electron chi connectivity index (χ4n) is 4.43. The van der Waals surface area contributed by atoms with Gasteiger partial charge in [0.25, 0.3) is 11.5 Å². The first kappa shape index (κ1) is 25.8. The second-order valence-electron chi connectivity index (χ2n) is 8.71. The molecule has 1 aromatic heterocycles. The first-order valence-corrected chi connectivity index (χ1v) is 12.9. The van der Waals surface area contributed by atoms with Crippen molar-refractivity contribution < 1.29 is 9.53 Å². The van der Waals surface area contributed by atoms with Gasteiger partial charge >= 0.3 is 0 Å². The highest BCUT2D eigenvalue weighted by molar-refractivity contribution is 9.10. The molecule has 0 saturated carbocycles. The third-order valence-corrected chi connectivity index (χ3v) is 6.96. The van der Waals surface area contributed by atoms with Gasteiger partial charge in [-0.15, -0.1) is 0 Å². The van der Waals surface area contributed by atoms with Crippen LogP contribution in [0.1, 0.15) is 47.6 Å². The maximum absolute atomic E-state index is 13.9. The van der Waals surface area contributed by atoms with Crippen LogP contribution in [0.2, 0.25) is 0 Å². The number of hydrogen-bond acceptors (Lipinski definition) is 4. The SMILES string of the molecule is CCC(c1nc2ccccc2c(=O)n1-c1ccc(C)cc1)N(CCCOC)C(=O)c1ccccc1Br. The van der Waals surface area contributed by atoms with E-state index in [0.29, 0.717) is 48.3 Å². The molecule has 0 radical (unpaired) electrons. The third kappa shape index (κ3) is 5.27. The van der Waals surface area contributed by atoms with E-state index < -0.39 is 6.04 Å². The third-order valence-electron chi connectivity index (χ3n) is 6.27. The van der Waals surface area contributed by atoms with Gasteiger partial charge in [-0.05, 0) is 72.1 Å². The number of benzene rings is 3. The van der Waals surface area contributed by atoms with E-state index in [-0.39, 0.29) is 11.5 Å². The topological polar surface area (TPSA) is 64.4 Å². The van der Waals surface area contributed by atoms with Crippen LogP contribution in [0.5, 0.6) is 0 Å². The van der Waals surface area contributed by atoms with E-state index in [2.05, 4.69) is 15.9 Å². The summed E-state index contributed by atoms with van der Waals surface area (Å²) >= 11 is 3.53. The number of nitrogens with zero attached hydrogens (tertiary/aromatic N) is 3. The molecule has 0 bridgehead atoms. The predicted molar refractivity (Wildman–Crippen MR) is 147 cm³/mol. The molecule has 7 heteroatoms. The molecule has 0 saturated heterocycles. The van der Waals surface area contributed by atoms with E-state index in [1.165, 1.54) is 0 Å². The van der Waals surface area contributed by atoms with Gasteiger partial charge in [0.1, 0.15) is 5.82 Å². The number of para-hydroxylation sites is 1. The van der Waals surface area contributed by atoms with E-state index in [9.17, 15) is 9.59 Å². The van der Waals surface area contributed by atoms with Crippen LogP contribution in [0.3, 0.4) is 0 Å². The summed E-state index contributed by atoms with van der Waals surface area (Å²) in [5, 5.41) is 0.541. The largest absolute Gasteiger partial charge is 0.385 e. The summed E-state index contributed by atoms with van der Waals surface area (Å²) in [6, 6.07) is 22.1. The van der Waals surface area contributed by atoms with Crippen LogP contribution in [0.25, 0.3) is 16.6 Å². The Bertz CT molecular complexity index is 1420. The van der Waals surface area contributed by atoms with Crippen LogP contribution in [0, 0.1) is 6.92 Å².